The van der Waals surface area contributed by atoms with Crippen LogP contribution in [0, 0.1) is 16.7 Å². The number of Topliss-reactive ketones (excluding diaryl/α,β-unsaturated/α-hetero) is 1. The van der Waals surface area contributed by atoms with Gasteiger partial charge in [-0.1, -0.05) is 0 Å². The Morgan fingerprint density at radius 2 is 1.89 bits per heavy atom. The van der Waals surface area contributed by atoms with Crippen LogP contribution in [0.5, 0.6) is 0 Å². The summed E-state index contributed by atoms with van der Waals surface area (Å²) in [5.41, 5.74) is -2.78. The normalized spacial score (nSPS) is 26.9. The average molecular weight is 252 g/mol. The van der Waals surface area contributed by atoms with Crippen molar-refractivity contribution in [2.75, 3.05) is 6.54 Å². The minimum absolute atomic E-state index is 0.0737. The summed E-state index contributed by atoms with van der Waals surface area (Å²) in [6.45, 7) is 10.2. The van der Waals surface area contributed by atoms with E-state index in [2.05, 4.69) is 0 Å². The Balaban J connectivity index is 3.03. The van der Waals surface area contributed by atoms with E-state index in [1.54, 1.807) is 41.5 Å². The molecule has 5 heteroatoms. The van der Waals surface area contributed by atoms with E-state index in [4.69, 9.17) is 10.00 Å². The van der Waals surface area contributed by atoms with Gasteiger partial charge in [0, 0.05) is 0 Å². The maximum Gasteiger partial charge on any atom is 0.411 e. The lowest BCUT2D eigenvalue weighted by Crippen LogP contribution is -2.48. The zero-order valence-electron chi connectivity index (χ0n) is 11.8. The first kappa shape index (κ1) is 14.5. The van der Waals surface area contributed by atoms with Crippen LogP contribution in [-0.2, 0) is 9.53 Å². The van der Waals surface area contributed by atoms with Gasteiger partial charge in [0.2, 0.25) is 0 Å². The van der Waals surface area contributed by atoms with Crippen LogP contribution in [0.3, 0.4) is 0 Å². The van der Waals surface area contributed by atoms with Crippen molar-refractivity contribution in [3.63, 3.8) is 0 Å². The van der Waals surface area contributed by atoms with Gasteiger partial charge >= 0.3 is 6.09 Å². The maximum atomic E-state index is 12.2. The van der Waals surface area contributed by atoms with E-state index in [0.29, 0.717) is 0 Å². The van der Waals surface area contributed by atoms with Gasteiger partial charge in [0.1, 0.15) is 16.6 Å². The second-order valence-electron chi connectivity index (χ2n) is 6.40. The Bertz CT molecular complexity index is 428. The number of carbonyl (C=O) groups is 2. The van der Waals surface area contributed by atoms with E-state index in [0.717, 1.165) is 0 Å². The highest BCUT2D eigenvalue weighted by Crippen LogP contribution is 2.38. The number of rotatable bonds is 0. The predicted molar refractivity (Wildman–Crippen MR) is 65.7 cm³/mol. The first-order valence-electron chi connectivity index (χ1n) is 5.91. The second kappa shape index (κ2) is 3.98. The van der Waals surface area contributed by atoms with E-state index in [1.165, 1.54) is 4.90 Å². The van der Waals surface area contributed by atoms with Gasteiger partial charge in [-0.05, 0) is 41.5 Å². The summed E-state index contributed by atoms with van der Waals surface area (Å²) in [5, 5.41) is 9.11. The largest absolute Gasteiger partial charge is 0.444 e. The predicted octanol–water partition coefficient (Wildman–Crippen LogP) is 2.11. The molecule has 1 atom stereocenters. The molecule has 0 aromatic rings. The Morgan fingerprint density at radius 3 is 2.22 bits per heavy atom. The third kappa shape index (κ3) is 2.33. The van der Waals surface area contributed by atoms with Gasteiger partial charge in [-0.15, -0.1) is 0 Å². The smallest absolute Gasteiger partial charge is 0.411 e. The first-order valence-corrected chi connectivity index (χ1v) is 5.91. The van der Waals surface area contributed by atoms with Gasteiger partial charge in [-0.2, -0.15) is 5.26 Å². The van der Waals surface area contributed by atoms with E-state index >= 15 is 0 Å². The molecule has 1 heterocycles. The fraction of sp³-hybridized carbons (Fsp3) is 0.769. The monoisotopic (exact) mass is 252 g/mol. The molecule has 0 radical (unpaired) electrons. The summed E-state index contributed by atoms with van der Waals surface area (Å²) >= 11 is 0. The fourth-order valence-electron chi connectivity index (χ4n) is 2.08. The third-order valence-corrected chi connectivity index (χ3v) is 3.07. The number of hydrogen-bond donors (Lipinski definition) is 0. The summed E-state index contributed by atoms with van der Waals surface area (Å²) in [6.07, 6.45) is -0.556. The van der Waals surface area contributed by atoms with E-state index in [-0.39, 0.29) is 12.3 Å². The van der Waals surface area contributed by atoms with Crippen LogP contribution in [0.15, 0.2) is 0 Å². The molecule has 0 aliphatic carbocycles. The molecule has 0 N–H and O–H groups in total. The van der Waals surface area contributed by atoms with Crippen LogP contribution in [0.25, 0.3) is 0 Å². The number of nitrogens with zero attached hydrogens (tertiary/aromatic N) is 2. The number of hydrogen-bond acceptors (Lipinski definition) is 4. The Kier molecular flexibility index (Phi) is 3.20. The van der Waals surface area contributed by atoms with E-state index in [9.17, 15) is 9.59 Å². The first-order chi connectivity index (χ1) is 7.94. The lowest BCUT2D eigenvalue weighted by Gasteiger charge is -2.31. The highest BCUT2D eigenvalue weighted by Gasteiger charge is 2.57. The number of nitriles is 1. The van der Waals surface area contributed by atoms with Gasteiger partial charge in [-0.3, -0.25) is 9.69 Å². The van der Waals surface area contributed by atoms with Gasteiger partial charge < -0.3 is 4.74 Å². The van der Waals surface area contributed by atoms with Crippen molar-refractivity contribution in [3.05, 3.63) is 0 Å². The van der Waals surface area contributed by atoms with Gasteiger partial charge in [0.25, 0.3) is 0 Å². The van der Waals surface area contributed by atoms with E-state index in [1.807, 2.05) is 6.07 Å². The number of carbonyl (C=O) groups excluding carboxylic acids is 2. The summed E-state index contributed by atoms with van der Waals surface area (Å²) in [4.78, 5) is 25.6. The molecule has 0 aromatic heterocycles. The molecular formula is C13H20N2O3. The molecule has 0 saturated carbocycles. The van der Waals surface area contributed by atoms with Crippen molar-refractivity contribution in [2.45, 2.75) is 52.7 Å². The van der Waals surface area contributed by atoms with Crippen LogP contribution in [0.1, 0.15) is 41.5 Å². The third-order valence-electron chi connectivity index (χ3n) is 3.07. The molecule has 0 aromatic carbocycles. The number of amides is 1. The summed E-state index contributed by atoms with van der Waals surface area (Å²) in [6, 6.07) is 1.99. The highest BCUT2D eigenvalue weighted by atomic mass is 16.6. The highest BCUT2D eigenvalue weighted by molar-refractivity contribution is 6.00. The van der Waals surface area contributed by atoms with Crippen molar-refractivity contribution < 1.29 is 14.3 Å². The molecule has 1 unspecified atom stereocenters. The molecule has 1 saturated heterocycles. The number of likely N-dealkylation sites (tertiary alicyclic amines) is 1. The van der Waals surface area contributed by atoms with Crippen molar-refractivity contribution in [1.82, 2.24) is 4.90 Å². The summed E-state index contributed by atoms with van der Waals surface area (Å²) in [7, 11) is 0. The van der Waals surface area contributed by atoms with Crippen molar-refractivity contribution in [3.8, 4) is 6.07 Å². The van der Waals surface area contributed by atoms with Crippen LogP contribution in [0.2, 0.25) is 0 Å². The van der Waals surface area contributed by atoms with Crippen molar-refractivity contribution >= 4 is 11.9 Å². The molecule has 100 valence electrons. The molecule has 0 spiro atoms. The van der Waals surface area contributed by atoms with Crippen molar-refractivity contribution in [2.24, 2.45) is 5.41 Å². The molecule has 5 nitrogen and oxygen atoms in total. The number of ketones is 1. The van der Waals surface area contributed by atoms with Gasteiger partial charge in [0.05, 0.1) is 12.6 Å². The van der Waals surface area contributed by atoms with E-state index < -0.39 is 22.6 Å². The summed E-state index contributed by atoms with van der Waals surface area (Å²) in [5.74, 6) is -0.247. The molecule has 1 aliphatic heterocycles. The van der Waals surface area contributed by atoms with Gasteiger partial charge in [0.15, 0.2) is 5.78 Å². The molecule has 1 fully saturated rings. The number of ether oxygens (including phenoxy) is 1. The zero-order valence-corrected chi connectivity index (χ0v) is 11.8. The lowest BCUT2D eigenvalue weighted by molar-refractivity contribution is -0.127. The second-order valence-corrected chi connectivity index (χ2v) is 6.40. The maximum absolute atomic E-state index is 12.2. The van der Waals surface area contributed by atoms with Crippen LogP contribution in [-0.4, -0.2) is 34.5 Å². The summed E-state index contributed by atoms with van der Waals surface area (Å²) < 4.78 is 5.27. The molecule has 18 heavy (non-hydrogen) atoms. The molecule has 1 rings (SSSR count). The molecular weight excluding hydrogens is 232 g/mol. The topological polar surface area (TPSA) is 70.4 Å². The average Bonchev–Trinajstić information content (AvgIpc) is 2.38. The lowest BCUT2D eigenvalue weighted by atomic mass is 9.84. The molecule has 0 bridgehead atoms. The SMILES string of the molecule is CC(C)(C)OC(=O)N1CC(C)(C#N)C(=O)C1(C)C. The Morgan fingerprint density at radius 1 is 1.39 bits per heavy atom. The zero-order chi connectivity index (χ0) is 14.4. The molecule has 1 amide bonds. The van der Waals surface area contributed by atoms with Gasteiger partial charge in [-0.25, -0.2) is 4.79 Å². The Hall–Kier alpha value is -1.57. The van der Waals surface area contributed by atoms with Crippen LogP contribution >= 0.6 is 0 Å². The van der Waals surface area contributed by atoms with Crippen LogP contribution < -0.4 is 0 Å². The Labute approximate surface area is 108 Å². The quantitative estimate of drug-likeness (QED) is 0.662. The van der Waals surface area contributed by atoms with Crippen molar-refractivity contribution in [1.29, 1.82) is 5.26 Å². The fourth-order valence-corrected chi connectivity index (χ4v) is 2.08. The minimum atomic E-state index is -1.15. The molecule has 1 aliphatic rings. The minimum Gasteiger partial charge on any atom is -0.444 e. The standard InChI is InChI=1S/C13H20N2O3/c1-11(2,3)18-10(17)15-8-13(6,7-14)9(16)12(15,4)5/h8H2,1-6H3. The van der Waals surface area contributed by atoms with Crippen LogP contribution in [0.4, 0.5) is 4.79 Å².